The minimum Gasteiger partial charge on any atom is -0.313 e. The number of carbonyl (C=O) groups excluding carboxylic acids is 1. The zero-order valence-corrected chi connectivity index (χ0v) is 10.7. The molecule has 2 rings (SSSR count). The molecule has 16 heavy (non-hydrogen) atoms. The van der Waals surface area contributed by atoms with E-state index in [9.17, 15) is 4.79 Å². The molecule has 0 spiro atoms. The Morgan fingerprint density at radius 2 is 2.56 bits per heavy atom. The van der Waals surface area contributed by atoms with Crippen LogP contribution in [0, 0.1) is 0 Å². The van der Waals surface area contributed by atoms with Gasteiger partial charge >= 0.3 is 0 Å². The number of nitrogens with one attached hydrogen (secondary N) is 1. The third kappa shape index (κ3) is 2.41. The maximum absolute atomic E-state index is 10.5. The molecule has 1 aromatic rings. The van der Waals surface area contributed by atoms with Crippen LogP contribution in [-0.2, 0) is 11.3 Å². The second kappa shape index (κ2) is 4.93. The number of anilines is 1. The molecule has 2 heterocycles. The third-order valence-corrected chi connectivity index (χ3v) is 3.39. The van der Waals surface area contributed by atoms with Crippen molar-refractivity contribution < 1.29 is 4.79 Å². The van der Waals surface area contributed by atoms with Crippen molar-refractivity contribution in [1.29, 1.82) is 0 Å². The van der Waals surface area contributed by atoms with E-state index in [0.29, 0.717) is 18.3 Å². The van der Waals surface area contributed by atoms with E-state index in [0.717, 1.165) is 23.1 Å². The van der Waals surface area contributed by atoms with Gasteiger partial charge in [0.2, 0.25) is 6.41 Å². The van der Waals surface area contributed by atoms with Gasteiger partial charge in [-0.15, -0.1) is 0 Å². The van der Waals surface area contributed by atoms with E-state index in [1.807, 2.05) is 6.07 Å². The molecule has 0 aliphatic carbocycles. The number of hydrogen-bond acceptors (Lipinski definition) is 3. The summed E-state index contributed by atoms with van der Waals surface area (Å²) in [7, 11) is 0. The molecule has 1 aliphatic heterocycles. The summed E-state index contributed by atoms with van der Waals surface area (Å²) in [5, 5.41) is 2.63. The van der Waals surface area contributed by atoms with Gasteiger partial charge in [0.05, 0.1) is 0 Å². The fourth-order valence-corrected chi connectivity index (χ4v) is 2.19. The van der Waals surface area contributed by atoms with Crippen LogP contribution in [0.25, 0.3) is 0 Å². The lowest BCUT2D eigenvalue weighted by molar-refractivity contribution is -0.105. The Hall–Kier alpha value is -0.940. The maximum atomic E-state index is 10.5. The molecule has 1 fully saturated rings. The Bertz CT molecular complexity index is 397. The number of aromatic nitrogens is 1. The summed E-state index contributed by atoms with van der Waals surface area (Å²) in [5.41, 5.74) is 1.05. The Kier molecular flexibility index (Phi) is 3.56. The number of amides is 1. The Balaban J connectivity index is 2.16. The monoisotopic (exact) mass is 283 g/mol. The van der Waals surface area contributed by atoms with Gasteiger partial charge < -0.3 is 5.32 Å². The maximum Gasteiger partial charge on any atom is 0.212 e. The second-order valence-corrected chi connectivity index (χ2v) is 4.95. The minimum absolute atomic E-state index is 0.628. The van der Waals surface area contributed by atoms with Crippen LogP contribution in [0.5, 0.6) is 0 Å². The van der Waals surface area contributed by atoms with Crippen molar-refractivity contribution in [1.82, 2.24) is 9.88 Å². The van der Waals surface area contributed by atoms with Crippen molar-refractivity contribution in [3.05, 3.63) is 22.3 Å². The van der Waals surface area contributed by atoms with Crippen LogP contribution >= 0.6 is 15.9 Å². The van der Waals surface area contributed by atoms with Crippen molar-refractivity contribution in [3.8, 4) is 0 Å². The molecule has 1 atom stereocenters. The highest BCUT2D eigenvalue weighted by Gasteiger charge is 2.24. The number of rotatable bonds is 4. The van der Waals surface area contributed by atoms with E-state index in [1.165, 1.54) is 6.42 Å². The summed E-state index contributed by atoms with van der Waals surface area (Å²) in [6, 6.07) is 2.63. The predicted molar refractivity (Wildman–Crippen MR) is 66.1 cm³/mol. The highest BCUT2D eigenvalue weighted by molar-refractivity contribution is 9.10. The van der Waals surface area contributed by atoms with Crippen LogP contribution in [0.3, 0.4) is 0 Å². The van der Waals surface area contributed by atoms with Crippen molar-refractivity contribution in [3.63, 3.8) is 0 Å². The first-order valence-corrected chi connectivity index (χ1v) is 6.08. The minimum atomic E-state index is 0.628. The van der Waals surface area contributed by atoms with Gasteiger partial charge in [0.1, 0.15) is 5.82 Å². The Morgan fingerprint density at radius 1 is 1.75 bits per heavy atom. The molecule has 5 heteroatoms. The molecule has 1 N–H and O–H groups in total. The molecule has 4 nitrogen and oxygen atoms in total. The summed E-state index contributed by atoms with van der Waals surface area (Å²) < 4.78 is 0.937. The topological polar surface area (TPSA) is 45.2 Å². The van der Waals surface area contributed by atoms with Gasteiger partial charge in [-0.3, -0.25) is 9.69 Å². The number of hydrogen-bond donors (Lipinski definition) is 1. The van der Waals surface area contributed by atoms with E-state index >= 15 is 0 Å². The van der Waals surface area contributed by atoms with Crippen LogP contribution in [0.2, 0.25) is 0 Å². The third-order valence-electron chi connectivity index (χ3n) is 2.96. The molecule has 1 aliphatic rings. The number of nitrogens with zero attached hydrogens (tertiary/aromatic N) is 2. The average Bonchev–Trinajstić information content (AvgIpc) is 2.27. The zero-order valence-electron chi connectivity index (χ0n) is 9.11. The fraction of sp³-hybridized carbons (Fsp3) is 0.455. The van der Waals surface area contributed by atoms with Crippen LogP contribution < -0.4 is 5.32 Å². The molecule has 0 aromatic carbocycles. The zero-order chi connectivity index (χ0) is 11.5. The summed E-state index contributed by atoms with van der Waals surface area (Å²) in [5.74, 6) is 0.650. The van der Waals surface area contributed by atoms with Gasteiger partial charge in [-0.1, -0.05) is 0 Å². The lowest BCUT2D eigenvalue weighted by Gasteiger charge is -2.38. The second-order valence-electron chi connectivity index (χ2n) is 4.03. The summed E-state index contributed by atoms with van der Waals surface area (Å²) in [6.07, 6.45) is 3.60. The molecular formula is C11H14BrN3O. The first-order valence-electron chi connectivity index (χ1n) is 5.29. The van der Waals surface area contributed by atoms with Crippen LogP contribution in [-0.4, -0.2) is 28.9 Å². The number of halogens is 1. The molecule has 0 radical (unpaired) electrons. The summed E-state index contributed by atoms with van der Waals surface area (Å²) >= 11 is 3.40. The van der Waals surface area contributed by atoms with Gasteiger partial charge in [-0.25, -0.2) is 4.98 Å². The average molecular weight is 284 g/mol. The van der Waals surface area contributed by atoms with Crippen molar-refractivity contribution in [2.75, 3.05) is 11.9 Å². The first-order chi connectivity index (χ1) is 7.70. The number of likely N-dealkylation sites (tertiary alicyclic amines) is 1. The van der Waals surface area contributed by atoms with Crippen molar-refractivity contribution in [2.45, 2.75) is 25.9 Å². The molecule has 86 valence electrons. The number of carbonyl (C=O) groups is 1. The van der Waals surface area contributed by atoms with Crippen LogP contribution in [0.4, 0.5) is 5.82 Å². The van der Waals surface area contributed by atoms with Crippen molar-refractivity contribution in [2.24, 2.45) is 0 Å². The van der Waals surface area contributed by atoms with Crippen LogP contribution in [0.1, 0.15) is 18.9 Å². The van der Waals surface area contributed by atoms with E-state index in [2.05, 4.69) is 38.1 Å². The number of pyridine rings is 1. The Labute approximate surface area is 103 Å². The van der Waals surface area contributed by atoms with Gasteiger partial charge in [-0.05, 0) is 35.3 Å². The van der Waals surface area contributed by atoms with Gasteiger partial charge in [0.25, 0.3) is 0 Å². The van der Waals surface area contributed by atoms with Gasteiger partial charge in [-0.2, -0.15) is 0 Å². The smallest absolute Gasteiger partial charge is 0.212 e. The molecule has 1 unspecified atom stereocenters. The standard InChI is InChI=1S/C11H14BrN3O/c1-8-2-3-15(8)6-9-4-10(12)5-13-11(9)14-7-16/h4-5,7-8H,2-3,6H2,1H3,(H,13,14,16). The molecule has 1 saturated heterocycles. The highest BCUT2D eigenvalue weighted by Crippen LogP contribution is 2.24. The van der Waals surface area contributed by atoms with Gasteiger partial charge in [0.15, 0.2) is 0 Å². The molecule has 1 amide bonds. The summed E-state index contributed by atoms with van der Waals surface area (Å²) in [6.45, 7) is 4.17. The first kappa shape index (κ1) is 11.5. The molecule has 0 saturated carbocycles. The fourth-order valence-electron chi connectivity index (χ4n) is 1.81. The normalized spacial score (nSPS) is 20.2. The van der Waals surface area contributed by atoms with Crippen molar-refractivity contribution >= 4 is 28.2 Å². The molecule has 1 aromatic heterocycles. The van der Waals surface area contributed by atoms with E-state index in [4.69, 9.17) is 0 Å². The Morgan fingerprint density at radius 3 is 3.12 bits per heavy atom. The van der Waals surface area contributed by atoms with E-state index < -0.39 is 0 Å². The van der Waals surface area contributed by atoms with E-state index in [-0.39, 0.29) is 0 Å². The largest absolute Gasteiger partial charge is 0.313 e. The molecule has 0 bridgehead atoms. The predicted octanol–water partition coefficient (Wildman–Crippen LogP) is 2.01. The summed E-state index contributed by atoms with van der Waals surface area (Å²) in [4.78, 5) is 17.0. The van der Waals surface area contributed by atoms with Crippen LogP contribution in [0.15, 0.2) is 16.7 Å². The highest BCUT2D eigenvalue weighted by atomic mass is 79.9. The SMILES string of the molecule is CC1CCN1Cc1cc(Br)cnc1NC=O. The lowest BCUT2D eigenvalue weighted by atomic mass is 10.0. The lowest BCUT2D eigenvalue weighted by Crippen LogP contribution is -2.44. The quantitative estimate of drug-likeness (QED) is 0.860. The molecular weight excluding hydrogens is 270 g/mol. The van der Waals surface area contributed by atoms with E-state index in [1.54, 1.807) is 6.20 Å². The van der Waals surface area contributed by atoms with Gasteiger partial charge in [0, 0.05) is 35.4 Å².